The fourth-order valence-corrected chi connectivity index (χ4v) is 3.49. The number of rotatable bonds is 5. The molecule has 1 N–H and O–H groups in total. The van der Waals surface area contributed by atoms with E-state index in [-0.39, 0.29) is 5.82 Å². The molecule has 0 aromatic heterocycles. The Morgan fingerprint density at radius 2 is 2.18 bits per heavy atom. The van der Waals surface area contributed by atoms with Crippen molar-refractivity contribution in [3.05, 3.63) is 35.6 Å². The van der Waals surface area contributed by atoms with Gasteiger partial charge in [-0.15, -0.1) is 0 Å². The number of hydrogen-bond donors (Lipinski definition) is 1. The summed E-state index contributed by atoms with van der Waals surface area (Å²) in [6.07, 6.45) is 3.73. The van der Waals surface area contributed by atoms with Crippen molar-refractivity contribution in [2.24, 2.45) is 0 Å². The van der Waals surface area contributed by atoms with Crippen molar-refractivity contribution in [3.8, 4) is 0 Å². The minimum atomic E-state index is -0.157. The zero-order chi connectivity index (χ0) is 12.1. The first-order valence-corrected chi connectivity index (χ1v) is 7.45. The highest BCUT2D eigenvalue weighted by molar-refractivity contribution is 8.00. The van der Waals surface area contributed by atoms with E-state index in [0.717, 1.165) is 18.2 Å². The molecule has 2 rings (SSSR count). The second kappa shape index (κ2) is 6.41. The molecule has 1 fully saturated rings. The Hall–Kier alpha value is -0.540. The van der Waals surface area contributed by atoms with Gasteiger partial charge in [0.1, 0.15) is 5.82 Å². The van der Waals surface area contributed by atoms with Gasteiger partial charge in [-0.05, 0) is 42.7 Å². The van der Waals surface area contributed by atoms with Crippen molar-refractivity contribution in [1.82, 2.24) is 5.32 Å². The molecule has 2 atom stereocenters. The van der Waals surface area contributed by atoms with E-state index in [1.165, 1.54) is 24.2 Å². The summed E-state index contributed by atoms with van der Waals surface area (Å²) >= 11 is 2.07. The quantitative estimate of drug-likeness (QED) is 0.857. The van der Waals surface area contributed by atoms with Crippen LogP contribution < -0.4 is 5.32 Å². The van der Waals surface area contributed by atoms with E-state index in [1.54, 1.807) is 12.1 Å². The molecule has 1 saturated heterocycles. The Bertz CT molecular complexity index is 333. The predicted molar refractivity (Wildman–Crippen MR) is 72.9 cm³/mol. The maximum Gasteiger partial charge on any atom is 0.123 e. The Balaban J connectivity index is 1.89. The van der Waals surface area contributed by atoms with Crippen LogP contribution in [-0.2, 0) is 0 Å². The first kappa shape index (κ1) is 12.9. The molecule has 1 heterocycles. The van der Waals surface area contributed by atoms with Gasteiger partial charge in [-0.2, -0.15) is 11.8 Å². The fraction of sp³-hybridized carbons (Fsp3) is 0.571. The maximum atomic E-state index is 12.9. The zero-order valence-electron chi connectivity index (χ0n) is 10.3. The summed E-state index contributed by atoms with van der Waals surface area (Å²) in [5.41, 5.74) is 1.19. The molecule has 1 aliphatic rings. The van der Waals surface area contributed by atoms with Gasteiger partial charge < -0.3 is 5.32 Å². The maximum absolute atomic E-state index is 12.9. The van der Waals surface area contributed by atoms with Crippen LogP contribution in [0.4, 0.5) is 4.39 Å². The van der Waals surface area contributed by atoms with Crippen molar-refractivity contribution < 1.29 is 4.39 Å². The van der Waals surface area contributed by atoms with Gasteiger partial charge in [0.25, 0.3) is 0 Å². The molecule has 1 aliphatic heterocycles. The molecule has 1 aromatic carbocycles. The summed E-state index contributed by atoms with van der Waals surface area (Å²) in [7, 11) is 0. The van der Waals surface area contributed by atoms with Crippen LogP contribution in [0.2, 0.25) is 0 Å². The molecule has 0 aliphatic carbocycles. The number of thioether (sulfide) groups is 1. The van der Waals surface area contributed by atoms with E-state index in [2.05, 4.69) is 24.0 Å². The predicted octanol–water partition coefficient (Wildman–Crippen LogP) is 3.76. The molecule has 0 amide bonds. The Morgan fingerprint density at radius 1 is 1.41 bits per heavy atom. The third-order valence-electron chi connectivity index (χ3n) is 3.30. The minimum absolute atomic E-state index is 0.157. The third-order valence-corrected chi connectivity index (χ3v) is 4.69. The largest absolute Gasteiger partial charge is 0.309 e. The summed E-state index contributed by atoms with van der Waals surface area (Å²) in [5, 5.41) is 4.37. The van der Waals surface area contributed by atoms with Crippen molar-refractivity contribution >= 4 is 11.8 Å². The zero-order valence-corrected chi connectivity index (χ0v) is 11.1. The molecular weight excluding hydrogens is 233 g/mol. The third kappa shape index (κ3) is 3.71. The number of hydrogen-bond acceptors (Lipinski definition) is 2. The molecule has 0 spiro atoms. The van der Waals surface area contributed by atoms with Crippen LogP contribution in [0.25, 0.3) is 0 Å². The average Bonchev–Trinajstić information content (AvgIpc) is 2.85. The van der Waals surface area contributed by atoms with Crippen molar-refractivity contribution in [2.75, 3.05) is 12.3 Å². The molecule has 0 bridgehead atoms. The lowest BCUT2D eigenvalue weighted by molar-refractivity contribution is 0.510. The SMILES string of the molecule is CCC(NCC1CCCS1)c1ccc(F)cc1. The molecular formula is C14H20FNS. The summed E-state index contributed by atoms with van der Waals surface area (Å²) < 4.78 is 12.9. The number of nitrogens with one attached hydrogen (secondary N) is 1. The highest BCUT2D eigenvalue weighted by Gasteiger charge is 2.17. The van der Waals surface area contributed by atoms with Crippen molar-refractivity contribution in [2.45, 2.75) is 37.5 Å². The summed E-state index contributed by atoms with van der Waals surface area (Å²) in [6.45, 7) is 3.24. The lowest BCUT2D eigenvalue weighted by atomic mass is 10.0. The van der Waals surface area contributed by atoms with Crippen LogP contribution in [0.15, 0.2) is 24.3 Å². The molecule has 94 valence electrons. The van der Waals surface area contributed by atoms with Gasteiger partial charge >= 0.3 is 0 Å². The molecule has 3 heteroatoms. The molecule has 1 nitrogen and oxygen atoms in total. The van der Waals surface area contributed by atoms with Crippen LogP contribution >= 0.6 is 11.8 Å². The van der Waals surface area contributed by atoms with E-state index in [1.807, 2.05) is 12.1 Å². The second-order valence-corrected chi connectivity index (χ2v) is 5.96. The second-order valence-electron chi connectivity index (χ2n) is 4.56. The number of benzene rings is 1. The summed E-state index contributed by atoms with van der Waals surface area (Å²) in [5.74, 6) is 1.15. The molecule has 0 radical (unpaired) electrons. The monoisotopic (exact) mass is 253 g/mol. The first-order valence-electron chi connectivity index (χ1n) is 6.40. The minimum Gasteiger partial charge on any atom is -0.309 e. The molecule has 2 unspecified atom stereocenters. The Labute approximate surface area is 107 Å². The van der Waals surface area contributed by atoms with Crippen LogP contribution in [0, 0.1) is 5.82 Å². The van der Waals surface area contributed by atoms with E-state index in [0.29, 0.717) is 6.04 Å². The number of halogens is 1. The van der Waals surface area contributed by atoms with Crippen LogP contribution in [0.1, 0.15) is 37.8 Å². The van der Waals surface area contributed by atoms with Crippen LogP contribution in [-0.4, -0.2) is 17.5 Å². The van der Waals surface area contributed by atoms with Crippen molar-refractivity contribution in [3.63, 3.8) is 0 Å². The van der Waals surface area contributed by atoms with Gasteiger partial charge in [-0.1, -0.05) is 19.1 Å². The topological polar surface area (TPSA) is 12.0 Å². The van der Waals surface area contributed by atoms with E-state index in [4.69, 9.17) is 0 Å². The van der Waals surface area contributed by atoms with Gasteiger partial charge in [0.2, 0.25) is 0 Å². The van der Waals surface area contributed by atoms with Gasteiger partial charge in [0, 0.05) is 17.8 Å². The summed E-state index contributed by atoms with van der Waals surface area (Å²) in [6, 6.07) is 7.22. The molecule has 17 heavy (non-hydrogen) atoms. The standard InChI is InChI=1S/C14H20FNS/c1-2-14(11-5-7-12(15)8-6-11)16-10-13-4-3-9-17-13/h5-8,13-14,16H,2-4,9-10H2,1H3. The van der Waals surface area contributed by atoms with Crippen molar-refractivity contribution in [1.29, 1.82) is 0 Å². The fourth-order valence-electron chi connectivity index (χ4n) is 2.27. The smallest absolute Gasteiger partial charge is 0.123 e. The Kier molecular flexibility index (Phi) is 4.86. The van der Waals surface area contributed by atoms with Gasteiger partial charge in [-0.25, -0.2) is 4.39 Å². The molecule has 0 saturated carbocycles. The molecule has 1 aromatic rings. The Morgan fingerprint density at radius 3 is 2.76 bits per heavy atom. The van der Waals surface area contributed by atoms with E-state index in [9.17, 15) is 4.39 Å². The highest BCUT2D eigenvalue weighted by Crippen LogP contribution is 2.26. The van der Waals surface area contributed by atoms with Crippen LogP contribution in [0.3, 0.4) is 0 Å². The first-order chi connectivity index (χ1) is 8.29. The van der Waals surface area contributed by atoms with E-state index >= 15 is 0 Å². The highest BCUT2D eigenvalue weighted by atomic mass is 32.2. The van der Waals surface area contributed by atoms with Crippen LogP contribution in [0.5, 0.6) is 0 Å². The average molecular weight is 253 g/mol. The van der Waals surface area contributed by atoms with Gasteiger partial charge in [0.05, 0.1) is 0 Å². The van der Waals surface area contributed by atoms with Gasteiger partial charge in [-0.3, -0.25) is 0 Å². The van der Waals surface area contributed by atoms with E-state index < -0.39 is 0 Å². The lowest BCUT2D eigenvalue weighted by Crippen LogP contribution is -2.27. The normalized spacial score (nSPS) is 21.6. The lowest BCUT2D eigenvalue weighted by Gasteiger charge is -2.19. The summed E-state index contributed by atoms with van der Waals surface area (Å²) in [4.78, 5) is 0. The van der Waals surface area contributed by atoms with Gasteiger partial charge in [0.15, 0.2) is 0 Å².